The summed E-state index contributed by atoms with van der Waals surface area (Å²) in [7, 11) is 0. The van der Waals surface area contributed by atoms with Gasteiger partial charge < -0.3 is 20.7 Å². The van der Waals surface area contributed by atoms with Gasteiger partial charge in [0.05, 0.1) is 6.10 Å². The van der Waals surface area contributed by atoms with Crippen LogP contribution in [-0.4, -0.2) is 40.6 Å². The quantitative estimate of drug-likeness (QED) is 0.377. The van der Waals surface area contributed by atoms with Crippen molar-refractivity contribution in [2.24, 2.45) is 0 Å². The third-order valence-corrected chi connectivity index (χ3v) is 2.90. The number of hydrogen-bond acceptors (Lipinski definition) is 4. The van der Waals surface area contributed by atoms with E-state index in [0.717, 1.165) is 10.5 Å². The van der Waals surface area contributed by atoms with Gasteiger partial charge in [-0.25, -0.2) is 4.79 Å². The summed E-state index contributed by atoms with van der Waals surface area (Å²) in [4.78, 5) is 36.5. The van der Waals surface area contributed by atoms with E-state index < -0.39 is 23.9 Å². The van der Waals surface area contributed by atoms with Gasteiger partial charge in [-0.05, 0) is 28.1 Å². The number of H-pyrrole nitrogens is 1. The fourth-order valence-corrected chi connectivity index (χ4v) is 1.88. The standard InChI is InChI=1S/C11H11BrN4O4/c12-5-1-7(13-3-5)9(18)14-4-6(17)2-8-10(19)16-11(20)15-8/h1-3,6,13,17H,4H2,(H,14,18)(H2,15,16,19,20)/b8-2-/t6-/m1/s1. The van der Waals surface area contributed by atoms with E-state index in [4.69, 9.17) is 0 Å². The molecule has 4 amide bonds. The molecule has 1 aliphatic rings. The number of carbonyl (C=O) groups is 3. The Hall–Kier alpha value is -2.13. The Morgan fingerprint density at radius 3 is 2.75 bits per heavy atom. The summed E-state index contributed by atoms with van der Waals surface area (Å²) in [5, 5.41) is 16.4. The molecule has 1 fully saturated rings. The van der Waals surface area contributed by atoms with Crippen LogP contribution >= 0.6 is 15.9 Å². The van der Waals surface area contributed by atoms with Crippen molar-refractivity contribution in [2.75, 3.05) is 6.54 Å². The number of amides is 4. The summed E-state index contributed by atoms with van der Waals surface area (Å²) < 4.78 is 0.732. The summed E-state index contributed by atoms with van der Waals surface area (Å²) in [6.07, 6.45) is 1.66. The molecule has 1 aromatic rings. The van der Waals surface area contributed by atoms with E-state index in [0.29, 0.717) is 5.69 Å². The highest BCUT2D eigenvalue weighted by molar-refractivity contribution is 9.10. The van der Waals surface area contributed by atoms with Crippen molar-refractivity contribution in [3.8, 4) is 0 Å². The smallest absolute Gasteiger partial charge is 0.326 e. The maximum atomic E-state index is 11.7. The normalized spacial score (nSPS) is 17.8. The van der Waals surface area contributed by atoms with Crippen LogP contribution in [0, 0.1) is 0 Å². The zero-order valence-electron chi connectivity index (χ0n) is 10.1. The molecule has 8 nitrogen and oxygen atoms in total. The summed E-state index contributed by atoms with van der Waals surface area (Å²) in [6.45, 7) is -0.0951. The minimum absolute atomic E-state index is 0.0423. The molecule has 0 aliphatic carbocycles. The number of imide groups is 1. The lowest BCUT2D eigenvalue weighted by Gasteiger charge is -2.07. The molecule has 1 aromatic heterocycles. The van der Waals surface area contributed by atoms with Gasteiger partial charge in [-0.3, -0.25) is 14.9 Å². The number of halogens is 1. The second-order valence-electron chi connectivity index (χ2n) is 4.00. The van der Waals surface area contributed by atoms with E-state index in [9.17, 15) is 19.5 Å². The Bertz CT molecular complexity index is 595. The molecule has 2 rings (SSSR count). The fraction of sp³-hybridized carbons (Fsp3) is 0.182. The van der Waals surface area contributed by atoms with Gasteiger partial charge in [0.1, 0.15) is 11.4 Å². The van der Waals surface area contributed by atoms with Crippen LogP contribution < -0.4 is 16.0 Å². The summed E-state index contributed by atoms with van der Waals surface area (Å²) in [6, 6.07) is 0.943. The second-order valence-corrected chi connectivity index (χ2v) is 4.91. The molecule has 0 spiro atoms. The second kappa shape index (κ2) is 5.88. The number of aromatic nitrogens is 1. The Kier molecular flexibility index (Phi) is 4.20. The Balaban J connectivity index is 1.88. The van der Waals surface area contributed by atoms with Gasteiger partial charge in [0, 0.05) is 17.2 Å². The summed E-state index contributed by atoms with van der Waals surface area (Å²) in [5.74, 6) is -1.01. The van der Waals surface area contributed by atoms with Gasteiger partial charge in [0.15, 0.2) is 0 Å². The number of aliphatic hydroxyl groups excluding tert-OH is 1. The third kappa shape index (κ3) is 3.45. The van der Waals surface area contributed by atoms with Crippen molar-refractivity contribution in [2.45, 2.75) is 6.10 Å². The van der Waals surface area contributed by atoms with Gasteiger partial charge in [-0.2, -0.15) is 0 Å². The highest BCUT2D eigenvalue weighted by Crippen LogP contribution is 2.10. The third-order valence-electron chi connectivity index (χ3n) is 2.44. The Labute approximate surface area is 121 Å². The van der Waals surface area contributed by atoms with Crippen LogP contribution in [0.4, 0.5) is 4.79 Å². The first-order chi connectivity index (χ1) is 9.45. The largest absolute Gasteiger partial charge is 0.387 e. The SMILES string of the molecule is O=C1NC(=O)/C(=C/[C@@H](O)CNC(=O)c2cc(Br)c[nH]2)N1. The lowest BCUT2D eigenvalue weighted by molar-refractivity contribution is -0.115. The highest BCUT2D eigenvalue weighted by Gasteiger charge is 2.23. The average molecular weight is 343 g/mol. The first-order valence-corrected chi connectivity index (χ1v) is 6.39. The first-order valence-electron chi connectivity index (χ1n) is 5.60. The highest BCUT2D eigenvalue weighted by atomic mass is 79.9. The van der Waals surface area contributed by atoms with Crippen molar-refractivity contribution < 1.29 is 19.5 Å². The molecule has 1 saturated heterocycles. The van der Waals surface area contributed by atoms with E-state index in [1.165, 1.54) is 0 Å². The van der Waals surface area contributed by atoms with Gasteiger partial charge >= 0.3 is 6.03 Å². The van der Waals surface area contributed by atoms with Crippen molar-refractivity contribution in [3.05, 3.63) is 34.2 Å². The van der Waals surface area contributed by atoms with E-state index >= 15 is 0 Å². The van der Waals surface area contributed by atoms with E-state index in [1.54, 1.807) is 12.3 Å². The van der Waals surface area contributed by atoms with Gasteiger partial charge in [0.2, 0.25) is 0 Å². The number of rotatable bonds is 4. The van der Waals surface area contributed by atoms with E-state index in [1.807, 2.05) is 5.32 Å². The maximum Gasteiger partial charge on any atom is 0.326 e. The van der Waals surface area contributed by atoms with Crippen LogP contribution in [-0.2, 0) is 4.79 Å². The first kappa shape index (κ1) is 14.3. The van der Waals surface area contributed by atoms with Gasteiger partial charge in [-0.1, -0.05) is 0 Å². The fourth-order valence-electron chi connectivity index (χ4n) is 1.54. The van der Waals surface area contributed by atoms with Crippen LogP contribution in [0.1, 0.15) is 10.5 Å². The van der Waals surface area contributed by atoms with Crippen molar-refractivity contribution in [1.29, 1.82) is 0 Å². The average Bonchev–Trinajstić information content (AvgIpc) is 2.93. The summed E-state index contributed by atoms with van der Waals surface area (Å²) in [5.41, 5.74) is 0.294. The van der Waals surface area contributed by atoms with Crippen LogP contribution in [0.3, 0.4) is 0 Å². The predicted octanol–water partition coefficient (Wildman–Crippen LogP) is -0.409. The van der Waals surface area contributed by atoms with Crippen molar-refractivity contribution >= 4 is 33.8 Å². The lowest BCUT2D eigenvalue weighted by Crippen LogP contribution is -2.32. The number of aliphatic hydroxyl groups is 1. The van der Waals surface area contributed by atoms with Crippen molar-refractivity contribution in [1.82, 2.24) is 20.9 Å². The van der Waals surface area contributed by atoms with Gasteiger partial charge in [0.25, 0.3) is 11.8 Å². The molecule has 0 aromatic carbocycles. The van der Waals surface area contributed by atoms with Crippen LogP contribution in [0.2, 0.25) is 0 Å². The van der Waals surface area contributed by atoms with Crippen LogP contribution in [0.15, 0.2) is 28.5 Å². The minimum atomic E-state index is -1.10. The molecule has 0 unspecified atom stereocenters. The molecule has 1 atom stereocenters. The molecule has 2 heterocycles. The molecular formula is C11H11BrN4O4. The zero-order chi connectivity index (χ0) is 14.7. The minimum Gasteiger partial charge on any atom is -0.387 e. The predicted molar refractivity (Wildman–Crippen MR) is 71.6 cm³/mol. The van der Waals surface area contributed by atoms with Gasteiger partial charge in [-0.15, -0.1) is 0 Å². The Morgan fingerprint density at radius 2 is 2.20 bits per heavy atom. The van der Waals surface area contributed by atoms with Crippen LogP contribution in [0.5, 0.6) is 0 Å². The maximum absolute atomic E-state index is 11.7. The number of hydrogen-bond donors (Lipinski definition) is 5. The number of urea groups is 1. The number of aromatic amines is 1. The van der Waals surface area contributed by atoms with Crippen LogP contribution in [0.25, 0.3) is 0 Å². The molecule has 0 saturated carbocycles. The number of carbonyl (C=O) groups excluding carboxylic acids is 3. The molecule has 1 aliphatic heterocycles. The molecule has 20 heavy (non-hydrogen) atoms. The van der Waals surface area contributed by atoms with E-state index in [-0.39, 0.29) is 12.2 Å². The molecule has 106 valence electrons. The lowest BCUT2D eigenvalue weighted by atomic mass is 10.2. The topological polar surface area (TPSA) is 123 Å². The number of nitrogens with one attached hydrogen (secondary N) is 4. The molecule has 9 heteroatoms. The Morgan fingerprint density at radius 1 is 1.45 bits per heavy atom. The van der Waals surface area contributed by atoms with Crippen molar-refractivity contribution in [3.63, 3.8) is 0 Å². The molecular weight excluding hydrogens is 332 g/mol. The summed E-state index contributed by atoms with van der Waals surface area (Å²) >= 11 is 3.20. The monoisotopic (exact) mass is 342 g/mol. The zero-order valence-corrected chi connectivity index (χ0v) is 11.7. The molecule has 0 radical (unpaired) electrons. The molecule has 0 bridgehead atoms. The van der Waals surface area contributed by atoms with E-state index in [2.05, 4.69) is 31.5 Å². The molecule has 5 N–H and O–H groups in total.